The third-order valence-electron chi connectivity index (χ3n) is 3.35. The quantitative estimate of drug-likeness (QED) is 0.823. The Morgan fingerprint density at radius 3 is 2.60 bits per heavy atom. The fraction of sp³-hybridized carbons (Fsp3) is 0.750. The average molecular weight is 207 g/mol. The number of hydrogen-bond donors (Lipinski definition) is 1. The van der Waals surface area contributed by atoms with E-state index >= 15 is 0 Å². The van der Waals surface area contributed by atoms with Gasteiger partial charge in [-0.1, -0.05) is 12.8 Å². The lowest BCUT2D eigenvalue weighted by molar-refractivity contribution is 0.342. The first kappa shape index (κ1) is 10.7. The predicted octanol–water partition coefficient (Wildman–Crippen LogP) is 2.19. The molecule has 1 fully saturated rings. The number of rotatable bonds is 3. The van der Waals surface area contributed by atoms with Gasteiger partial charge in [-0.3, -0.25) is 4.68 Å². The molecular formula is C12H21N3. The molecular weight excluding hydrogens is 186 g/mol. The molecule has 0 radical (unpaired) electrons. The number of aromatic nitrogens is 2. The van der Waals surface area contributed by atoms with E-state index in [9.17, 15) is 0 Å². The van der Waals surface area contributed by atoms with Crippen molar-refractivity contribution in [2.75, 3.05) is 0 Å². The maximum Gasteiger partial charge on any atom is 0.0540 e. The lowest BCUT2D eigenvalue weighted by Crippen LogP contribution is -2.42. The van der Waals surface area contributed by atoms with Crippen LogP contribution >= 0.6 is 0 Å². The highest BCUT2D eigenvalue weighted by Crippen LogP contribution is 2.25. The minimum atomic E-state index is 0.0449. The zero-order chi connectivity index (χ0) is 10.9. The highest BCUT2D eigenvalue weighted by Gasteiger charge is 2.26. The van der Waals surface area contributed by atoms with Crippen LogP contribution < -0.4 is 5.32 Å². The Morgan fingerprint density at radius 2 is 2.07 bits per heavy atom. The summed E-state index contributed by atoms with van der Waals surface area (Å²) in [6, 6.07) is 0.695. The molecule has 3 heteroatoms. The summed E-state index contributed by atoms with van der Waals surface area (Å²) in [5.74, 6) is 0. The SMILES string of the molecule is Cn1cc(C(C)(C)NC2CCCC2)cn1. The lowest BCUT2D eigenvalue weighted by Gasteiger charge is -2.29. The van der Waals surface area contributed by atoms with Gasteiger partial charge in [-0.25, -0.2) is 0 Å². The summed E-state index contributed by atoms with van der Waals surface area (Å²) < 4.78 is 1.87. The first-order chi connectivity index (χ1) is 7.08. The number of hydrogen-bond acceptors (Lipinski definition) is 2. The molecule has 1 N–H and O–H groups in total. The predicted molar refractivity (Wildman–Crippen MR) is 61.6 cm³/mol. The van der Waals surface area contributed by atoms with Gasteiger partial charge in [0.1, 0.15) is 0 Å². The van der Waals surface area contributed by atoms with Crippen LogP contribution in [0.15, 0.2) is 12.4 Å². The monoisotopic (exact) mass is 207 g/mol. The summed E-state index contributed by atoms with van der Waals surface area (Å²) in [6.45, 7) is 4.48. The molecule has 1 aliphatic carbocycles. The zero-order valence-electron chi connectivity index (χ0n) is 9.95. The number of nitrogens with zero attached hydrogens (tertiary/aromatic N) is 2. The van der Waals surface area contributed by atoms with Crippen LogP contribution in [0.3, 0.4) is 0 Å². The number of nitrogens with one attached hydrogen (secondary N) is 1. The second kappa shape index (κ2) is 3.97. The molecule has 1 saturated carbocycles. The Hall–Kier alpha value is -0.830. The largest absolute Gasteiger partial charge is 0.305 e. The van der Waals surface area contributed by atoms with Crippen LogP contribution in [0.2, 0.25) is 0 Å². The zero-order valence-corrected chi connectivity index (χ0v) is 9.95. The Kier molecular flexibility index (Phi) is 2.83. The molecule has 2 rings (SSSR count). The smallest absolute Gasteiger partial charge is 0.0540 e. The Morgan fingerprint density at radius 1 is 1.40 bits per heavy atom. The topological polar surface area (TPSA) is 29.9 Å². The van der Waals surface area contributed by atoms with E-state index in [0.29, 0.717) is 6.04 Å². The van der Waals surface area contributed by atoms with Gasteiger partial charge in [-0.15, -0.1) is 0 Å². The first-order valence-corrected chi connectivity index (χ1v) is 5.85. The van der Waals surface area contributed by atoms with E-state index in [1.807, 2.05) is 17.9 Å². The van der Waals surface area contributed by atoms with Gasteiger partial charge in [0.2, 0.25) is 0 Å². The van der Waals surface area contributed by atoms with Gasteiger partial charge in [0.15, 0.2) is 0 Å². The van der Waals surface area contributed by atoms with Crippen LogP contribution in [-0.4, -0.2) is 15.8 Å². The summed E-state index contributed by atoms with van der Waals surface area (Å²) in [5.41, 5.74) is 1.32. The van der Waals surface area contributed by atoms with Gasteiger partial charge in [-0.05, 0) is 26.7 Å². The molecule has 0 aliphatic heterocycles. The van der Waals surface area contributed by atoms with E-state index in [2.05, 4.69) is 30.5 Å². The van der Waals surface area contributed by atoms with Crippen molar-refractivity contribution >= 4 is 0 Å². The molecule has 1 heterocycles. The molecule has 1 aromatic rings. The third-order valence-corrected chi connectivity index (χ3v) is 3.35. The van der Waals surface area contributed by atoms with E-state index < -0.39 is 0 Å². The molecule has 0 saturated heterocycles. The van der Waals surface area contributed by atoms with Crippen molar-refractivity contribution in [3.63, 3.8) is 0 Å². The van der Waals surface area contributed by atoms with Crippen molar-refractivity contribution in [3.8, 4) is 0 Å². The summed E-state index contributed by atoms with van der Waals surface area (Å²) in [7, 11) is 1.97. The molecule has 0 amide bonds. The Balaban J connectivity index is 2.05. The van der Waals surface area contributed by atoms with Crippen molar-refractivity contribution in [3.05, 3.63) is 18.0 Å². The minimum Gasteiger partial charge on any atom is -0.305 e. The highest BCUT2D eigenvalue weighted by molar-refractivity contribution is 5.16. The molecule has 0 atom stereocenters. The van der Waals surface area contributed by atoms with E-state index in [1.165, 1.54) is 31.2 Å². The number of aryl methyl sites for hydroxylation is 1. The van der Waals surface area contributed by atoms with Gasteiger partial charge in [0.25, 0.3) is 0 Å². The Labute approximate surface area is 91.9 Å². The third kappa shape index (κ3) is 2.40. The van der Waals surface area contributed by atoms with Crippen LogP contribution in [-0.2, 0) is 12.6 Å². The second-order valence-electron chi connectivity index (χ2n) is 5.15. The minimum absolute atomic E-state index is 0.0449. The molecule has 1 aliphatic rings. The van der Waals surface area contributed by atoms with Crippen molar-refractivity contribution in [1.82, 2.24) is 15.1 Å². The summed E-state index contributed by atoms with van der Waals surface area (Å²) in [6.07, 6.45) is 9.46. The fourth-order valence-electron chi connectivity index (χ4n) is 2.41. The molecule has 0 bridgehead atoms. The average Bonchev–Trinajstić information content (AvgIpc) is 2.75. The van der Waals surface area contributed by atoms with E-state index in [-0.39, 0.29) is 5.54 Å². The van der Waals surface area contributed by atoms with Crippen LogP contribution in [0.5, 0.6) is 0 Å². The van der Waals surface area contributed by atoms with Crippen molar-refractivity contribution in [1.29, 1.82) is 0 Å². The molecule has 0 spiro atoms. The van der Waals surface area contributed by atoms with Crippen molar-refractivity contribution in [2.24, 2.45) is 7.05 Å². The normalized spacial score (nSPS) is 18.6. The van der Waals surface area contributed by atoms with E-state index in [1.54, 1.807) is 0 Å². The maximum atomic E-state index is 4.23. The second-order valence-corrected chi connectivity index (χ2v) is 5.15. The van der Waals surface area contributed by atoms with Gasteiger partial charge in [0, 0.05) is 30.4 Å². The molecule has 15 heavy (non-hydrogen) atoms. The van der Waals surface area contributed by atoms with Gasteiger partial charge >= 0.3 is 0 Å². The van der Waals surface area contributed by atoms with E-state index in [0.717, 1.165) is 0 Å². The summed E-state index contributed by atoms with van der Waals surface area (Å²) in [5, 5.41) is 7.97. The van der Waals surface area contributed by atoms with Crippen LogP contribution in [0, 0.1) is 0 Å². The van der Waals surface area contributed by atoms with Gasteiger partial charge in [0.05, 0.1) is 6.20 Å². The maximum absolute atomic E-state index is 4.23. The van der Waals surface area contributed by atoms with Crippen molar-refractivity contribution < 1.29 is 0 Å². The van der Waals surface area contributed by atoms with Crippen LogP contribution in [0.25, 0.3) is 0 Å². The van der Waals surface area contributed by atoms with Gasteiger partial charge < -0.3 is 5.32 Å². The Bertz CT molecular complexity index is 321. The molecule has 0 aromatic carbocycles. The van der Waals surface area contributed by atoms with Gasteiger partial charge in [-0.2, -0.15) is 5.10 Å². The van der Waals surface area contributed by atoms with Crippen molar-refractivity contribution in [2.45, 2.75) is 51.1 Å². The molecule has 84 valence electrons. The van der Waals surface area contributed by atoms with Crippen LogP contribution in [0.4, 0.5) is 0 Å². The highest BCUT2D eigenvalue weighted by atomic mass is 15.2. The first-order valence-electron chi connectivity index (χ1n) is 5.85. The molecule has 3 nitrogen and oxygen atoms in total. The molecule has 1 aromatic heterocycles. The lowest BCUT2D eigenvalue weighted by atomic mass is 9.96. The van der Waals surface area contributed by atoms with Crippen LogP contribution in [0.1, 0.15) is 45.1 Å². The summed E-state index contributed by atoms with van der Waals surface area (Å²) in [4.78, 5) is 0. The standard InChI is InChI=1S/C12H21N3/c1-12(2,10-8-13-15(3)9-10)14-11-6-4-5-7-11/h8-9,11,14H,4-7H2,1-3H3. The van der Waals surface area contributed by atoms with E-state index in [4.69, 9.17) is 0 Å². The molecule has 0 unspecified atom stereocenters. The summed E-state index contributed by atoms with van der Waals surface area (Å²) >= 11 is 0. The fourth-order valence-corrected chi connectivity index (χ4v) is 2.41.